The van der Waals surface area contributed by atoms with Crippen molar-refractivity contribution in [1.29, 1.82) is 0 Å². The summed E-state index contributed by atoms with van der Waals surface area (Å²) in [5, 5.41) is 3.64. The lowest BCUT2D eigenvalue weighted by Gasteiger charge is -2.37. The van der Waals surface area contributed by atoms with Gasteiger partial charge in [-0.2, -0.15) is 0 Å². The van der Waals surface area contributed by atoms with E-state index in [0.29, 0.717) is 11.8 Å². The first-order chi connectivity index (χ1) is 9.24. The van der Waals surface area contributed by atoms with Crippen molar-refractivity contribution in [2.24, 2.45) is 0 Å². The van der Waals surface area contributed by atoms with Crippen LogP contribution in [0.1, 0.15) is 17.0 Å². The number of piperazine rings is 1. The molecule has 3 heterocycles. The van der Waals surface area contributed by atoms with Crippen LogP contribution in [0.2, 0.25) is 5.22 Å². The van der Waals surface area contributed by atoms with E-state index in [1.54, 1.807) is 12.1 Å². The maximum Gasteiger partial charge on any atom is 0.289 e. The molecule has 3 rings (SSSR count). The molecule has 0 aliphatic carbocycles. The van der Waals surface area contributed by atoms with Gasteiger partial charge in [-0.05, 0) is 36.7 Å². The van der Waals surface area contributed by atoms with E-state index in [2.05, 4.69) is 10.2 Å². The average Bonchev–Trinajstić information content (AvgIpc) is 3.09. The van der Waals surface area contributed by atoms with Gasteiger partial charge < -0.3 is 14.6 Å². The Morgan fingerprint density at radius 1 is 1.30 bits per heavy atom. The molecular weight excluding hydrogens is 301 g/mol. The van der Waals surface area contributed by atoms with Gasteiger partial charge in [0.15, 0.2) is 11.0 Å². The highest BCUT2D eigenvalue weighted by molar-refractivity contribution is 6.29. The predicted molar refractivity (Wildman–Crippen MR) is 79.7 cm³/mol. The first-order valence-corrected chi connectivity index (χ1v) is 7.11. The lowest BCUT2D eigenvalue weighted by Crippen LogP contribution is -2.52. The minimum Gasteiger partial charge on any atom is -0.440 e. The third kappa shape index (κ3) is 3.28. The molecule has 1 atom stereocenters. The van der Waals surface area contributed by atoms with E-state index in [-0.39, 0.29) is 23.5 Å². The Morgan fingerprint density at radius 3 is 2.60 bits per heavy atom. The number of nitrogens with one attached hydrogen (secondary N) is 1. The summed E-state index contributed by atoms with van der Waals surface area (Å²) in [6, 6.07) is 3.88. The number of furan rings is 1. The fourth-order valence-electron chi connectivity index (χ4n) is 2.83. The first-order valence-electron chi connectivity index (χ1n) is 6.73. The number of halogens is 2. The van der Waals surface area contributed by atoms with Crippen molar-refractivity contribution in [3.05, 3.63) is 23.1 Å². The Morgan fingerprint density at radius 2 is 2.05 bits per heavy atom. The summed E-state index contributed by atoms with van der Waals surface area (Å²) < 4.78 is 5.18. The monoisotopic (exact) mass is 319 g/mol. The highest BCUT2D eigenvalue weighted by Crippen LogP contribution is 2.17. The van der Waals surface area contributed by atoms with Crippen molar-refractivity contribution < 1.29 is 9.21 Å². The summed E-state index contributed by atoms with van der Waals surface area (Å²) in [6.45, 7) is 5.57. The van der Waals surface area contributed by atoms with Gasteiger partial charge in [0.25, 0.3) is 5.91 Å². The van der Waals surface area contributed by atoms with Crippen LogP contribution in [0.25, 0.3) is 0 Å². The van der Waals surface area contributed by atoms with Crippen molar-refractivity contribution in [2.75, 3.05) is 39.3 Å². The lowest BCUT2D eigenvalue weighted by atomic mass is 10.2. The average molecular weight is 320 g/mol. The molecule has 1 N–H and O–H groups in total. The van der Waals surface area contributed by atoms with Crippen LogP contribution in [-0.4, -0.2) is 61.0 Å². The second kappa shape index (κ2) is 6.80. The van der Waals surface area contributed by atoms with E-state index < -0.39 is 0 Å². The van der Waals surface area contributed by atoms with Crippen LogP contribution in [0.15, 0.2) is 16.5 Å². The molecule has 1 amide bonds. The molecule has 5 nitrogen and oxygen atoms in total. The molecule has 1 unspecified atom stereocenters. The molecule has 0 aromatic carbocycles. The van der Waals surface area contributed by atoms with Gasteiger partial charge >= 0.3 is 0 Å². The largest absolute Gasteiger partial charge is 0.440 e. The lowest BCUT2D eigenvalue weighted by molar-refractivity contribution is 0.0555. The summed E-state index contributed by atoms with van der Waals surface area (Å²) in [5.74, 6) is 0.275. The zero-order valence-electron chi connectivity index (χ0n) is 11.2. The molecular formula is C13H19Cl2N3O2. The normalized spacial score (nSPS) is 23.6. The Kier molecular flexibility index (Phi) is 5.32. The molecule has 0 spiro atoms. The highest BCUT2D eigenvalue weighted by atomic mass is 35.5. The van der Waals surface area contributed by atoms with E-state index in [0.717, 1.165) is 39.3 Å². The van der Waals surface area contributed by atoms with E-state index in [1.165, 1.54) is 6.42 Å². The minimum atomic E-state index is -0.0592. The van der Waals surface area contributed by atoms with Gasteiger partial charge in [0.2, 0.25) is 0 Å². The van der Waals surface area contributed by atoms with E-state index in [9.17, 15) is 4.79 Å². The van der Waals surface area contributed by atoms with Crippen LogP contribution in [0.3, 0.4) is 0 Å². The second-order valence-electron chi connectivity index (χ2n) is 5.08. The third-order valence-corrected chi connectivity index (χ3v) is 4.14. The van der Waals surface area contributed by atoms with Crippen LogP contribution in [0, 0.1) is 0 Å². The standard InChI is InChI=1S/C13H18ClN3O2.ClH/c14-12-2-1-11(19-12)13(18)17-7-5-16(6-8-17)10-3-4-15-9-10;/h1-2,10,15H,3-9H2;1H. The number of nitrogens with zero attached hydrogens (tertiary/aromatic N) is 2. The topological polar surface area (TPSA) is 48.7 Å². The molecule has 112 valence electrons. The quantitative estimate of drug-likeness (QED) is 0.897. The molecule has 2 aliphatic heterocycles. The summed E-state index contributed by atoms with van der Waals surface area (Å²) in [7, 11) is 0. The first kappa shape index (κ1) is 15.6. The van der Waals surface area contributed by atoms with Crippen molar-refractivity contribution in [3.63, 3.8) is 0 Å². The molecule has 1 aromatic heterocycles. The Hall–Kier alpha value is -0.750. The van der Waals surface area contributed by atoms with Crippen molar-refractivity contribution in [1.82, 2.24) is 15.1 Å². The SMILES string of the molecule is Cl.O=C(c1ccc(Cl)o1)N1CCN(C2CCNC2)CC1. The van der Waals surface area contributed by atoms with Gasteiger partial charge in [-0.3, -0.25) is 9.69 Å². The fourth-order valence-corrected chi connectivity index (χ4v) is 2.97. The maximum atomic E-state index is 12.2. The zero-order valence-corrected chi connectivity index (χ0v) is 12.8. The zero-order chi connectivity index (χ0) is 13.2. The van der Waals surface area contributed by atoms with Crippen molar-refractivity contribution in [3.8, 4) is 0 Å². The van der Waals surface area contributed by atoms with Gasteiger partial charge in [0.05, 0.1) is 0 Å². The van der Waals surface area contributed by atoms with Crippen molar-refractivity contribution in [2.45, 2.75) is 12.5 Å². The number of carbonyl (C=O) groups is 1. The van der Waals surface area contributed by atoms with E-state index in [1.807, 2.05) is 4.90 Å². The van der Waals surface area contributed by atoms with Gasteiger partial charge in [0, 0.05) is 38.8 Å². The Bertz CT molecular complexity index is 452. The summed E-state index contributed by atoms with van der Waals surface area (Å²) in [5.41, 5.74) is 0. The van der Waals surface area contributed by atoms with E-state index in [4.69, 9.17) is 16.0 Å². The van der Waals surface area contributed by atoms with Crippen LogP contribution in [-0.2, 0) is 0 Å². The number of rotatable bonds is 2. The third-order valence-electron chi connectivity index (χ3n) is 3.94. The van der Waals surface area contributed by atoms with Crippen LogP contribution in [0.4, 0.5) is 0 Å². The second-order valence-corrected chi connectivity index (χ2v) is 5.45. The number of amides is 1. The molecule has 2 aliphatic rings. The van der Waals surface area contributed by atoms with Crippen LogP contribution in [0.5, 0.6) is 0 Å². The Labute approximate surface area is 129 Å². The van der Waals surface area contributed by atoms with Gasteiger partial charge in [-0.15, -0.1) is 12.4 Å². The molecule has 2 saturated heterocycles. The fraction of sp³-hybridized carbons (Fsp3) is 0.615. The van der Waals surface area contributed by atoms with E-state index >= 15 is 0 Å². The summed E-state index contributed by atoms with van der Waals surface area (Å²) in [6.07, 6.45) is 1.21. The molecule has 0 bridgehead atoms. The van der Waals surface area contributed by atoms with Crippen molar-refractivity contribution >= 4 is 29.9 Å². The van der Waals surface area contributed by atoms with Crippen LogP contribution < -0.4 is 5.32 Å². The molecule has 2 fully saturated rings. The van der Waals surface area contributed by atoms with Gasteiger partial charge in [-0.25, -0.2) is 0 Å². The predicted octanol–water partition coefficient (Wildman–Crippen LogP) is 1.47. The number of hydrogen-bond acceptors (Lipinski definition) is 4. The number of carbonyl (C=O) groups excluding carboxylic acids is 1. The molecule has 1 aromatic rings. The molecule has 20 heavy (non-hydrogen) atoms. The van der Waals surface area contributed by atoms with Crippen LogP contribution >= 0.6 is 24.0 Å². The highest BCUT2D eigenvalue weighted by Gasteiger charge is 2.28. The smallest absolute Gasteiger partial charge is 0.289 e. The molecule has 0 radical (unpaired) electrons. The molecule has 0 saturated carbocycles. The van der Waals surface area contributed by atoms with Gasteiger partial charge in [-0.1, -0.05) is 0 Å². The van der Waals surface area contributed by atoms with Gasteiger partial charge in [0.1, 0.15) is 0 Å². The summed E-state index contributed by atoms with van der Waals surface area (Å²) >= 11 is 5.70. The number of hydrogen-bond donors (Lipinski definition) is 1. The minimum absolute atomic E-state index is 0. The Balaban J connectivity index is 0.00000147. The maximum absolute atomic E-state index is 12.2. The molecule has 7 heteroatoms. The summed E-state index contributed by atoms with van der Waals surface area (Å²) in [4.78, 5) is 16.5.